The second-order valence-electron chi connectivity index (χ2n) is 4.26. The average molecular weight is 287 g/mol. The van der Waals surface area contributed by atoms with E-state index in [0.29, 0.717) is 6.54 Å². The fourth-order valence-electron chi connectivity index (χ4n) is 1.56. The molecule has 21 heavy (non-hydrogen) atoms. The van der Waals surface area contributed by atoms with Gasteiger partial charge in [0.1, 0.15) is 11.6 Å². The van der Waals surface area contributed by atoms with Gasteiger partial charge >= 0.3 is 5.97 Å². The lowest BCUT2D eigenvalue weighted by Crippen LogP contribution is -2.28. The lowest BCUT2D eigenvalue weighted by atomic mass is 10.1. The molecule has 0 saturated carbocycles. The number of hydrogen-bond acceptors (Lipinski definition) is 4. The van der Waals surface area contributed by atoms with Crippen molar-refractivity contribution in [2.75, 3.05) is 13.1 Å². The molecule has 1 aromatic carbocycles. The predicted octanol–water partition coefficient (Wildman–Crippen LogP) is 0.817. The molecule has 0 spiro atoms. The topological polar surface area (TPSA) is 102 Å². The largest absolute Gasteiger partial charge is 0.481 e. The van der Waals surface area contributed by atoms with Gasteiger partial charge in [-0.1, -0.05) is 30.3 Å². The summed E-state index contributed by atoms with van der Waals surface area (Å²) < 4.78 is 0. The molecule has 0 unspecified atom stereocenters. The van der Waals surface area contributed by atoms with E-state index in [-0.39, 0.29) is 18.5 Å². The third-order valence-electron chi connectivity index (χ3n) is 2.64. The third-order valence-corrected chi connectivity index (χ3v) is 2.64. The van der Waals surface area contributed by atoms with Gasteiger partial charge in [-0.3, -0.25) is 9.59 Å². The summed E-state index contributed by atoms with van der Waals surface area (Å²) in [6.07, 6.45) is 1.95. The molecule has 0 aromatic heterocycles. The number of nitrogens with one attached hydrogen (secondary N) is 2. The van der Waals surface area contributed by atoms with Gasteiger partial charge in [-0.2, -0.15) is 5.26 Å². The van der Waals surface area contributed by atoms with Gasteiger partial charge in [0.2, 0.25) is 0 Å². The van der Waals surface area contributed by atoms with Gasteiger partial charge in [0, 0.05) is 19.3 Å². The number of carboxylic acids is 1. The van der Waals surface area contributed by atoms with E-state index < -0.39 is 11.9 Å². The van der Waals surface area contributed by atoms with Crippen LogP contribution in [0.1, 0.15) is 12.0 Å². The summed E-state index contributed by atoms with van der Waals surface area (Å²) in [4.78, 5) is 21.9. The first kappa shape index (κ1) is 16.2. The van der Waals surface area contributed by atoms with Crippen LogP contribution < -0.4 is 10.6 Å². The number of nitriles is 1. The highest BCUT2D eigenvalue weighted by molar-refractivity contribution is 5.97. The minimum Gasteiger partial charge on any atom is -0.481 e. The zero-order valence-corrected chi connectivity index (χ0v) is 11.5. The zero-order valence-electron chi connectivity index (χ0n) is 11.5. The van der Waals surface area contributed by atoms with E-state index in [9.17, 15) is 9.59 Å². The van der Waals surface area contributed by atoms with Crippen LogP contribution in [0.4, 0.5) is 0 Å². The van der Waals surface area contributed by atoms with Crippen molar-refractivity contribution in [3.8, 4) is 6.07 Å². The van der Waals surface area contributed by atoms with E-state index in [0.717, 1.165) is 12.0 Å². The highest BCUT2D eigenvalue weighted by atomic mass is 16.4. The van der Waals surface area contributed by atoms with Gasteiger partial charge in [-0.25, -0.2) is 0 Å². The van der Waals surface area contributed by atoms with Gasteiger partial charge in [-0.15, -0.1) is 0 Å². The number of carbonyl (C=O) groups is 2. The normalized spacial score (nSPS) is 10.5. The molecule has 0 aliphatic heterocycles. The molecule has 110 valence electrons. The van der Waals surface area contributed by atoms with Crippen LogP contribution in [-0.2, 0) is 16.0 Å². The zero-order chi connectivity index (χ0) is 15.5. The first-order valence-corrected chi connectivity index (χ1v) is 6.51. The van der Waals surface area contributed by atoms with Crippen molar-refractivity contribution in [1.82, 2.24) is 10.6 Å². The van der Waals surface area contributed by atoms with E-state index in [1.54, 1.807) is 6.07 Å². The van der Waals surface area contributed by atoms with Crippen molar-refractivity contribution >= 4 is 11.9 Å². The lowest BCUT2D eigenvalue weighted by Gasteiger charge is -2.04. The van der Waals surface area contributed by atoms with Crippen molar-refractivity contribution in [3.63, 3.8) is 0 Å². The molecule has 0 aliphatic rings. The van der Waals surface area contributed by atoms with Crippen molar-refractivity contribution in [2.24, 2.45) is 0 Å². The van der Waals surface area contributed by atoms with Gasteiger partial charge in [0.05, 0.1) is 6.42 Å². The summed E-state index contributed by atoms with van der Waals surface area (Å²) in [6.45, 7) is 0.592. The van der Waals surface area contributed by atoms with Crippen molar-refractivity contribution < 1.29 is 14.7 Å². The number of carbonyl (C=O) groups excluding carboxylic acids is 1. The van der Waals surface area contributed by atoms with E-state index in [2.05, 4.69) is 10.6 Å². The summed E-state index contributed by atoms with van der Waals surface area (Å²) in [7, 11) is 0. The number of carboxylic acid groups (broad SMARTS) is 1. The summed E-state index contributed by atoms with van der Waals surface area (Å²) >= 11 is 0. The number of benzene rings is 1. The Morgan fingerprint density at radius 1 is 1.24 bits per heavy atom. The summed E-state index contributed by atoms with van der Waals surface area (Å²) in [5, 5.41) is 22.6. The monoisotopic (exact) mass is 287 g/mol. The lowest BCUT2D eigenvalue weighted by molar-refractivity contribution is -0.136. The number of aliphatic carboxylic acids is 1. The highest BCUT2D eigenvalue weighted by Gasteiger charge is 2.08. The average Bonchev–Trinajstić information content (AvgIpc) is 2.48. The molecule has 1 amide bonds. The van der Waals surface area contributed by atoms with Gasteiger partial charge in [0.15, 0.2) is 0 Å². The third kappa shape index (κ3) is 6.78. The second-order valence-corrected chi connectivity index (χ2v) is 4.26. The molecule has 0 radical (unpaired) electrons. The molecule has 0 bridgehead atoms. The number of rotatable bonds is 8. The number of hydrogen-bond donors (Lipinski definition) is 3. The second kappa shape index (κ2) is 9.15. The Kier molecular flexibility index (Phi) is 7.08. The Bertz CT molecular complexity index is 547. The minimum absolute atomic E-state index is 0.00278. The Balaban J connectivity index is 2.36. The van der Waals surface area contributed by atoms with Crippen LogP contribution in [0.5, 0.6) is 0 Å². The highest BCUT2D eigenvalue weighted by Crippen LogP contribution is 1.98. The minimum atomic E-state index is -1.00. The van der Waals surface area contributed by atoms with E-state index in [1.807, 2.05) is 30.3 Å². The predicted molar refractivity (Wildman–Crippen MR) is 77.1 cm³/mol. The Morgan fingerprint density at radius 3 is 2.57 bits per heavy atom. The Morgan fingerprint density at radius 2 is 1.95 bits per heavy atom. The molecule has 0 fully saturated rings. The maximum atomic E-state index is 11.6. The van der Waals surface area contributed by atoms with Gasteiger partial charge in [0.25, 0.3) is 5.91 Å². The molecule has 6 nitrogen and oxygen atoms in total. The molecule has 1 rings (SSSR count). The maximum Gasteiger partial charge on any atom is 0.305 e. The van der Waals surface area contributed by atoms with Crippen LogP contribution >= 0.6 is 0 Å². The van der Waals surface area contributed by atoms with Crippen LogP contribution in [-0.4, -0.2) is 30.1 Å². The Labute approximate surface area is 123 Å². The van der Waals surface area contributed by atoms with Crippen LogP contribution in [0.3, 0.4) is 0 Å². The van der Waals surface area contributed by atoms with Crippen LogP contribution in [0.15, 0.2) is 42.1 Å². The van der Waals surface area contributed by atoms with Crippen LogP contribution in [0.25, 0.3) is 0 Å². The molecule has 0 aliphatic carbocycles. The molecule has 3 N–H and O–H groups in total. The van der Waals surface area contributed by atoms with Crippen molar-refractivity contribution in [1.29, 1.82) is 5.26 Å². The van der Waals surface area contributed by atoms with E-state index in [1.165, 1.54) is 6.20 Å². The van der Waals surface area contributed by atoms with Crippen molar-refractivity contribution in [3.05, 3.63) is 47.7 Å². The smallest absolute Gasteiger partial charge is 0.305 e. The molecule has 1 aromatic rings. The molecule has 6 heteroatoms. The van der Waals surface area contributed by atoms with Crippen LogP contribution in [0.2, 0.25) is 0 Å². The molecular formula is C15H17N3O3. The van der Waals surface area contributed by atoms with Gasteiger partial charge in [-0.05, 0) is 12.0 Å². The Hall–Kier alpha value is -2.81. The first-order chi connectivity index (χ1) is 10.1. The van der Waals surface area contributed by atoms with Crippen molar-refractivity contribution in [2.45, 2.75) is 12.8 Å². The summed E-state index contributed by atoms with van der Waals surface area (Å²) in [6, 6.07) is 11.6. The summed E-state index contributed by atoms with van der Waals surface area (Å²) in [5.74, 6) is -1.58. The number of amides is 1. The first-order valence-electron chi connectivity index (χ1n) is 6.51. The molecule has 0 saturated heterocycles. The molecular weight excluding hydrogens is 270 g/mol. The SMILES string of the molecule is N#C/C(=C/NCCc1ccccc1)C(=O)NCCC(=O)O. The van der Waals surface area contributed by atoms with Crippen LogP contribution in [0, 0.1) is 11.3 Å². The quantitative estimate of drug-likeness (QED) is 0.373. The molecule has 0 heterocycles. The van der Waals surface area contributed by atoms with E-state index in [4.69, 9.17) is 10.4 Å². The standard InChI is InChI=1S/C15H17N3O3/c16-10-13(15(21)18-9-7-14(19)20)11-17-8-6-12-4-2-1-3-5-12/h1-5,11,17H,6-9H2,(H,18,21)(H,19,20)/b13-11-. The maximum absolute atomic E-state index is 11.6. The summed E-state index contributed by atoms with van der Waals surface area (Å²) in [5.41, 5.74) is 1.08. The molecule has 0 atom stereocenters. The fraction of sp³-hybridized carbons (Fsp3) is 0.267. The fourth-order valence-corrected chi connectivity index (χ4v) is 1.56. The van der Waals surface area contributed by atoms with Gasteiger partial charge < -0.3 is 15.7 Å². The van der Waals surface area contributed by atoms with E-state index >= 15 is 0 Å². The number of nitrogens with zero attached hydrogens (tertiary/aromatic N) is 1.